The highest BCUT2D eigenvalue weighted by Gasteiger charge is 2.02. The number of alkyl halides is 2. The molecule has 1 rings (SSSR count). The third kappa shape index (κ3) is 3.46. The fraction of sp³-hybridized carbons (Fsp3) is 0.444. The molecule has 0 amide bonds. The molecule has 0 saturated heterocycles. The van der Waals surface area contributed by atoms with E-state index in [0.717, 1.165) is 11.3 Å². The molecule has 0 aliphatic carbocycles. The molecule has 0 aromatic carbocycles. The van der Waals surface area contributed by atoms with Crippen LogP contribution in [0.1, 0.15) is 11.3 Å². The first kappa shape index (κ1) is 10.1. The lowest BCUT2D eigenvalue weighted by molar-refractivity contribution is 0.145. The van der Waals surface area contributed by atoms with Crippen LogP contribution in [0.3, 0.4) is 0 Å². The number of halogens is 2. The molecule has 0 radical (unpaired) electrons. The van der Waals surface area contributed by atoms with E-state index in [0.29, 0.717) is 6.54 Å². The van der Waals surface area contributed by atoms with Gasteiger partial charge in [-0.3, -0.25) is 4.98 Å². The summed E-state index contributed by atoms with van der Waals surface area (Å²) in [6.45, 7) is 2.03. The van der Waals surface area contributed by atoms with Gasteiger partial charge in [0.2, 0.25) is 0 Å². The van der Waals surface area contributed by atoms with Crippen LogP contribution >= 0.6 is 0 Å². The molecule has 0 atom stereocenters. The first-order chi connectivity index (χ1) is 6.20. The van der Waals surface area contributed by atoms with Crippen LogP contribution in [-0.4, -0.2) is 18.0 Å². The fourth-order valence-corrected chi connectivity index (χ4v) is 1.00. The van der Waals surface area contributed by atoms with E-state index in [1.165, 1.54) is 0 Å². The lowest BCUT2D eigenvalue weighted by atomic mass is 10.2. The third-order valence-corrected chi connectivity index (χ3v) is 1.71. The minimum atomic E-state index is -2.30. The van der Waals surface area contributed by atoms with E-state index >= 15 is 0 Å². The molecule has 0 spiro atoms. The predicted octanol–water partition coefficient (Wildman–Crippen LogP) is 1.74. The Hall–Kier alpha value is -1.03. The van der Waals surface area contributed by atoms with Crippen LogP contribution in [0, 0.1) is 6.92 Å². The summed E-state index contributed by atoms with van der Waals surface area (Å²) in [5, 5.41) is 2.63. The molecule has 72 valence electrons. The van der Waals surface area contributed by atoms with Crippen molar-refractivity contribution in [1.29, 1.82) is 0 Å². The van der Waals surface area contributed by atoms with Gasteiger partial charge in [-0.25, -0.2) is 8.78 Å². The highest BCUT2D eigenvalue weighted by Crippen LogP contribution is 2.02. The number of hydrogen-bond acceptors (Lipinski definition) is 2. The first-order valence-electron chi connectivity index (χ1n) is 4.09. The van der Waals surface area contributed by atoms with Crippen molar-refractivity contribution in [3.63, 3.8) is 0 Å². The van der Waals surface area contributed by atoms with Gasteiger partial charge in [-0.15, -0.1) is 0 Å². The molecule has 0 unspecified atom stereocenters. The van der Waals surface area contributed by atoms with Crippen molar-refractivity contribution in [3.05, 3.63) is 29.6 Å². The molecule has 1 aromatic heterocycles. The lowest BCUT2D eigenvalue weighted by Crippen LogP contribution is -2.21. The monoisotopic (exact) mass is 186 g/mol. The maximum absolute atomic E-state index is 11.8. The van der Waals surface area contributed by atoms with Crippen molar-refractivity contribution in [2.24, 2.45) is 0 Å². The molecule has 4 heteroatoms. The Labute approximate surface area is 76.0 Å². The zero-order valence-electron chi connectivity index (χ0n) is 7.43. The van der Waals surface area contributed by atoms with E-state index in [-0.39, 0.29) is 6.54 Å². The molecular weight excluding hydrogens is 174 g/mol. The number of hydrogen-bond donors (Lipinski definition) is 1. The summed E-state index contributed by atoms with van der Waals surface area (Å²) in [6.07, 6.45) is -0.643. The zero-order chi connectivity index (χ0) is 9.68. The SMILES string of the molecule is Cc1cccnc1CNCC(F)F. The lowest BCUT2D eigenvalue weighted by Gasteiger charge is -2.05. The minimum absolute atomic E-state index is 0.282. The Morgan fingerprint density at radius 3 is 2.92 bits per heavy atom. The summed E-state index contributed by atoms with van der Waals surface area (Å²) in [5.74, 6) is 0. The van der Waals surface area contributed by atoms with E-state index in [4.69, 9.17) is 0 Å². The van der Waals surface area contributed by atoms with Gasteiger partial charge < -0.3 is 5.32 Å². The molecule has 0 fully saturated rings. The Kier molecular flexibility index (Phi) is 3.76. The van der Waals surface area contributed by atoms with Crippen molar-refractivity contribution in [3.8, 4) is 0 Å². The second-order valence-electron chi connectivity index (χ2n) is 2.79. The summed E-state index contributed by atoms with van der Waals surface area (Å²) < 4.78 is 23.5. The van der Waals surface area contributed by atoms with Crippen LogP contribution in [0.15, 0.2) is 18.3 Å². The number of rotatable bonds is 4. The van der Waals surface area contributed by atoms with Crippen LogP contribution < -0.4 is 5.32 Å². The van der Waals surface area contributed by atoms with Gasteiger partial charge in [-0.2, -0.15) is 0 Å². The predicted molar refractivity (Wildman–Crippen MR) is 46.7 cm³/mol. The van der Waals surface area contributed by atoms with E-state index in [2.05, 4.69) is 10.3 Å². The Morgan fingerprint density at radius 2 is 2.31 bits per heavy atom. The molecule has 0 bridgehead atoms. The Bertz CT molecular complexity index is 264. The Morgan fingerprint density at radius 1 is 1.54 bits per heavy atom. The van der Waals surface area contributed by atoms with Gasteiger partial charge in [-0.1, -0.05) is 6.07 Å². The fourth-order valence-electron chi connectivity index (χ4n) is 1.00. The van der Waals surface area contributed by atoms with Crippen molar-refractivity contribution in [1.82, 2.24) is 10.3 Å². The quantitative estimate of drug-likeness (QED) is 0.774. The minimum Gasteiger partial charge on any atom is -0.306 e. The van der Waals surface area contributed by atoms with E-state index in [9.17, 15) is 8.78 Å². The number of pyridine rings is 1. The molecule has 0 aliphatic rings. The Balaban J connectivity index is 2.41. The molecule has 0 aliphatic heterocycles. The molecule has 0 saturated carbocycles. The molecular formula is C9H12F2N2. The van der Waals surface area contributed by atoms with Crippen LogP contribution in [0.25, 0.3) is 0 Å². The average molecular weight is 186 g/mol. The number of nitrogens with zero attached hydrogens (tertiary/aromatic N) is 1. The maximum Gasteiger partial charge on any atom is 0.250 e. The molecule has 13 heavy (non-hydrogen) atoms. The van der Waals surface area contributed by atoms with E-state index in [1.807, 2.05) is 19.1 Å². The average Bonchev–Trinajstić information content (AvgIpc) is 2.08. The maximum atomic E-state index is 11.8. The molecule has 1 heterocycles. The highest BCUT2D eigenvalue weighted by atomic mass is 19.3. The normalized spacial score (nSPS) is 10.8. The highest BCUT2D eigenvalue weighted by molar-refractivity contribution is 5.17. The van der Waals surface area contributed by atoms with Crippen LogP contribution in [0.2, 0.25) is 0 Å². The summed E-state index contributed by atoms with van der Waals surface area (Å²) in [6, 6.07) is 3.73. The van der Waals surface area contributed by atoms with Crippen molar-refractivity contribution < 1.29 is 8.78 Å². The summed E-state index contributed by atoms with van der Waals surface area (Å²) in [5.41, 5.74) is 1.84. The van der Waals surface area contributed by atoms with Gasteiger partial charge >= 0.3 is 0 Å². The standard InChI is InChI=1S/C9H12F2N2/c1-7-3-2-4-13-8(7)5-12-6-9(10)11/h2-4,9,12H,5-6H2,1H3. The number of aryl methyl sites for hydroxylation is 1. The summed E-state index contributed by atoms with van der Waals surface area (Å²) >= 11 is 0. The van der Waals surface area contributed by atoms with Crippen molar-refractivity contribution in [2.75, 3.05) is 6.54 Å². The molecule has 1 N–H and O–H groups in total. The second-order valence-corrected chi connectivity index (χ2v) is 2.79. The summed E-state index contributed by atoms with van der Waals surface area (Å²) in [7, 11) is 0. The van der Waals surface area contributed by atoms with Crippen LogP contribution in [-0.2, 0) is 6.54 Å². The molecule has 1 aromatic rings. The number of nitrogens with one attached hydrogen (secondary N) is 1. The van der Waals surface area contributed by atoms with Gasteiger partial charge in [0.1, 0.15) is 0 Å². The largest absolute Gasteiger partial charge is 0.306 e. The van der Waals surface area contributed by atoms with Gasteiger partial charge in [0.15, 0.2) is 0 Å². The van der Waals surface area contributed by atoms with Crippen LogP contribution in [0.4, 0.5) is 8.78 Å². The zero-order valence-corrected chi connectivity index (χ0v) is 7.43. The van der Waals surface area contributed by atoms with Crippen molar-refractivity contribution >= 4 is 0 Å². The second kappa shape index (κ2) is 4.87. The van der Waals surface area contributed by atoms with Gasteiger partial charge in [0.05, 0.1) is 12.2 Å². The topological polar surface area (TPSA) is 24.9 Å². The first-order valence-corrected chi connectivity index (χ1v) is 4.09. The van der Waals surface area contributed by atoms with Crippen LogP contribution in [0.5, 0.6) is 0 Å². The van der Waals surface area contributed by atoms with Crippen molar-refractivity contribution in [2.45, 2.75) is 19.9 Å². The van der Waals surface area contributed by atoms with E-state index in [1.54, 1.807) is 6.20 Å². The van der Waals surface area contributed by atoms with E-state index < -0.39 is 6.43 Å². The molecule has 2 nitrogen and oxygen atoms in total. The third-order valence-electron chi connectivity index (χ3n) is 1.71. The summed E-state index contributed by atoms with van der Waals surface area (Å²) in [4.78, 5) is 4.07. The van der Waals surface area contributed by atoms with Gasteiger partial charge in [-0.05, 0) is 18.6 Å². The smallest absolute Gasteiger partial charge is 0.250 e. The van der Waals surface area contributed by atoms with Gasteiger partial charge in [0, 0.05) is 12.7 Å². The van der Waals surface area contributed by atoms with Gasteiger partial charge in [0.25, 0.3) is 6.43 Å². The number of aromatic nitrogens is 1.